The number of nitrogens with zero attached hydrogens (tertiary/aromatic N) is 1. The molecule has 8 heteroatoms. The molecule has 3 N–H and O–H groups in total. The summed E-state index contributed by atoms with van der Waals surface area (Å²) in [5.74, 6) is -0.390. The number of amides is 2. The second kappa shape index (κ2) is 6.96. The van der Waals surface area contributed by atoms with E-state index in [2.05, 4.69) is 5.32 Å². The van der Waals surface area contributed by atoms with Crippen LogP contribution in [0, 0.1) is 0 Å². The van der Waals surface area contributed by atoms with E-state index in [-0.39, 0.29) is 11.1 Å². The molecule has 136 valence electrons. The van der Waals surface area contributed by atoms with Crippen molar-refractivity contribution in [1.29, 1.82) is 0 Å². The maximum absolute atomic E-state index is 11.9. The van der Waals surface area contributed by atoms with Gasteiger partial charge in [0.25, 0.3) is 11.1 Å². The van der Waals surface area contributed by atoms with Gasteiger partial charge in [0.15, 0.2) is 0 Å². The Hall–Kier alpha value is -2.41. The second-order valence-electron chi connectivity index (χ2n) is 6.09. The molecule has 2 aromatic carbocycles. The van der Waals surface area contributed by atoms with Gasteiger partial charge in [0.2, 0.25) is 0 Å². The lowest BCUT2D eigenvalue weighted by atomic mass is 10.1. The van der Waals surface area contributed by atoms with E-state index in [9.17, 15) is 9.59 Å². The number of nitrogen functional groups attached to an aromatic ring is 1. The third-order valence-electron chi connectivity index (χ3n) is 4.20. The normalized spacial score (nSPS) is 15.7. The molecule has 0 atom stereocenters. The number of fused-ring (bicyclic) bond motifs is 1. The predicted octanol–water partition coefficient (Wildman–Crippen LogP) is 4.90. The molecule has 3 aromatic rings. The summed E-state index contributed by atoms with van der Waals surface area (Å²) in [7, 11) is 0. The maximum Gasteiger partial charge on any atom is 0.290 e. The van der Waals surface area contributed by atoms with Crippen LogP contribution in [0.3, 0.4) is 0 Å². The first-order valence-electron chi connectivity index (χ1n) is 7.98. The molecule has 4 rings (SSSR count). The number of imide groups is 1. The summed E-state index contributed by atoms with van der Waals surface area (Å²) in [5, 5.41) is 3.79. The van der Waals surface area contributed by atoms with E-state index in [0.29, 0.717) is 27.2 Å². The van der Waals surface area contributed by atoms with Gasteiger partial charge in [0.05, 0.1) is 15.0 Å². The van der Waals surface area contributed by atoms with E-state index in [1.165, 1.54) is 0 Å². The average Bonchev–Trinajstić information content (AvgIpc) is 3.11. The van der Waals surface area contributed by atoms with Gasteiger partial charge in [0, 0.05) is 34.9 Å². The second-order valence-corrected chi connectivity index (χ2v) is 7.92. The number of rotatable bonds is 3. The van der Waals surface area contributed by atoms with Crippen molar-refractivity contribution in [2.24, 2.45) is 0 Å². The smallest absolute Gasteiger partial charge is 0.290 e. The van der Waals surface area contributed by atoms with E-state index in [1.807, 2.05) is 41.1 Å². The number of halogens is 2. The Bertz CT molecular complexity index is 1140. The van der Waals surface area contributed by atoms with Crippen LogP contribution in [0.1, 0.15) is 11.1 Å². The molecule has 0 bridgehead atoms. The maximum atomic E-state index is 11.9. The van der Waals surface area contributed by atoms with Crippen LogP contribution in [0.25, 0.3) is 17.0 Å². The number of aromatic nitrogens is 1. The van der Waals surface area contributed by atoms with Crippen molar-refractivity contribution in [3.63, 3.8) is 0 Å². The third kappa shape index (κ3) is 3.56. The number of anilines is 1. The fourth-order valence-corrected chi connectivity index (χ4v) is 3.98. The largest absolute Gasteiger partial charge is 0.399 e. The van der Waals surface area contributed by atoms with Crippen LogP contribution in [0.2, 0.25) is 10.0 Å². The summed E-state index contributed by atoms with van der Waals surface area (Å²) in [6, 6.07) is 11.1. The molecular formula is C19H13Cl2N3O2S. The molecule has 2 heterocycles. The topological polar surface area (TPSA) is 77.1 Å². The van der Waals surface area contributed by atoms with Crippen molar-refractivity contribution in [3.8, 4) is 0 Å². The third-order valence-corrected chi connectivity index (χ3v) is 5.75. The molecule has 1 fully saturated rings. The Kier molecular flexibility index (Phi) is 4.63. The lowest BCUT2D eigenvalue weighted by Crippen LogP contribution is -2.17. The number of carbonyl (C=O) groups is 2. The number of hydrogen-bond acceptors (Lipinski definition) is 4. The first-order chi connectivity index (χ1) is 12.9. The number of hydrogen-bond donors (Lipinski definition) is 2. The Balaban J connectivity index is 1.80. The van der Waals surface area contributed by atoms with Gasteiger partial charge in [0.1, 0.15) is 0 Å². The van der Waals surface area contributed by atoms with Crippen molar-refractivity contribution in [1.82, 2.24) is 9.88 Å². The van der Waals surface area contributed by atoms with Crippen LogP contribution in [0.5, 0.6) is 0 Å². The zero-order valence-corrected chi connectivity index (χ0v) is 16.2. The van der Waals surface area contributed by atoms with Gasteiger partial charge >= 0.3 is 0 Å². The number of thioether (sulfide) groups is 1. The van der Waals surface area contributed by atoms with E-state index in [1.54, 1.807) is 12.1 Å². The highest BCUT2D eigenvalue weighted by Gasteiger charge is 2.25. The molecule has 1 saturated heterocycles. The number of nitrogens with one attached hydrogen (secondary N) is 1. The fourth-order valence-electron chi connectivity index (χ4n) is 2.99. The highest BCUT2D eigenvalue weighted by Crippen LogP contribution is 2.31. The Morgan fingerprint density at radius 3 is 2.63 bits per heavy atom. The molecule has 0 radical (unpaired) electrons. The van der Waals surface area contributed by atoms with Gasteiger partial charge in [-0.1, -0.05) is 29.3 Å². The summed E-state index contributed by atoms with van der Waals surface area (Å²) < 4.78 is 2.04. The minimum Gasteiger partial charge on any atom is -0.399 e. The molecule has 5 nitrogen and oxygen atoms in total. The summed E-state index contributed by atoms with van der Waals surface area (Å²) in [4.78, 5) is 23.7. The first kappa shape index (κ1) is 18.0. The SMILES string of the molecule is Nc1ccc2c(c1)c(C=C1SC(=O)NC1=O)cn2Cc1ccc(Cl)c(Cl)c1. The molecule has 0 unspecified atom stereocenters. The van der Waals surface area contributed by atoms with E-state index < -0.39 is 0 Å². The van der Waals surface area contributed by atoms with Crippen molar-refractivity contribution < 1.29 is 9.59 Å². The number of benzene rings is 2. The van der Waals surface area contributed by atoms with Crippen molar-refractivity contribution in [2.45, 2.75) is 6.54 Å². The van der Waals surface area contributed by atoms with Crippen molar-refractivity contribution in [2.75, 3.05) is 5.73 Å². The average molecular weight is 418 g/mol. The molecular weight excluding hydrogens is 405 g/mol. The zero-order valence-electron chi connectivity index (χ0n) is 13.8. The molecule has 1 aromatic heterocycles. The van der Waals surface area contributed by atoms with Crippen LogP contribution >= 0.6 is 35.0 Å². The number of carbonyl (C=O) groups excluding carboxylic acids is 2. The lowest BCUT2D eigenvalue weighted by Gasteiger charge is -2.07. The summed E-state index contributed by atoms with van der Waals surface area (Å²) in [6.07, 6.45) is 3.63. The van der Waals surface area contributed by atoms with Crippen LogP contribution in [-0.4, -0.2) is 15.7 Å². The first-order valence-corrected chi connectivity index (χ1v) is 9.55. The summed E-state index contributed by atoms with van der Waals surface area (Å²) in [5.41, 5.74) is 9.32. The van der Waals surface area contributed by atoms with Gasteiger partial charge in [-0.2, -0.15) is 0 Å². The van der Waals surface area contributed by atoms with Crippen LogP contribution in [0.15, 0.2) is 47.5 Å². The van der Waals surface area contributed by atoms with Gasteiger partial charge in [-0.05, 0) is 53.7 Å². The Labute approximate surface area is 169 Å². The highest BCUT2D eigenvalue weighted by atomic mass is 35.5. The van der Waals surface area contributed by atoms with Crippen LogP contribution in [0.4, 0.5) is 10.5 Å². The Morgan fingerprint density at radius 2 is 1.93 bits per heavy atom. The monoisotopic (exact) mass is 417 g/mol. The molecule has 0 saturated carbocycles. The van der Waals surface area contributed by atoms with Crippen LogP contribution < -0.4 is 11.1 Å². The zero-order chi connectivity index (χ0) is 19.1. The van der Waals surface area contributed by atoms with Crippen LogP contribution in [-0.2, 0) is 11.3 Å². The van der Waals surface area contributed by atoms with Crippen molar-refractivity contribution >= 4 is 68.8 Å². The fraction of sp³-hybridized carbons (Fsp3) is 0.0526. The summed E-state index contributed by atoms with van der Waals surface area (Å²) in [6.45, 7) is 0.568. The van der Waals surface area contributed by atoms with E-state index >= 15 is 0 Å². The molecule has 2 amide bonds. The molecule has 0 spiro atoms. The lowest BCUT2D eigenvalue weighted by molar-refractivity contribution is -0.115. The van der Waals surface area contributed by atoms with Crippen molar-refractivity contribution in [3.05, 3.63) is 68.7 Å². The van der Waals surface area contributed by atoms with Gasteiger partial charge in [-0.15, -0.1) is 0 Å². The van der Waals surface area contributed by atoms with E-state index in [4.69, 9.17) is 28.9 Å². The summed E-state index contributed by atoms with van der Waals surface area (Å²) >= 11 is 13.0. The number of nitrogens with two attached hydrogens (primary N) is 1. The quantitative estimate of drug-likeness (QED) is 0.469. The van der Waals surface area contributed by atoms with Gasteiger partial charge < -0.3 is 10.3 Å². The predicted molar refractivity (Wildman–Crippen MR) is 111 cm³/mol. The highest BCUT2D eigenvalue weighted by molar-refractivity contribution is 8.18. The Morgan fingerprint density at radius 1 is 1.11 bits per heavy atom. The standard InChI is InChI=1S/C19H13Cl2N3O2S/c20-14-3-1-10(5-15(14)21)8-24-9-11(6-17-18(25)23-19(26)27-17)13-7-12(22)2-4-16(13)24/h1-7,9H,8,22H2,(H,23,25,26). The van der Waals surface area contributed by atoms with E-state index in [0.717, 1.165) is 33.8 Å². The molecule has 1 aliphatic heterocycles. The minimum absolute atomic E-state index is 0.357. The minimum atomic E-state index is -0.390. The van der Waals surface area contributed by atoms with Gasteiger partial charge in [-0.25, -0.2) is 0 Å². The molecule has 27 heavy (non-hydrogen) atoms. The molecule has 1 aliphatic rings. The molecule has 0 aliphatic carbocycles. The van der Waals surface area contributed by atoms with Gasteiger partial charge in [-0.3, -0.25) is 14.9 Å².